The Bertz CT molecular complexity index is 966. The van der Waals surface area contributed by atoms with Crippen LogP contribution in [0.15, 0.2) is 52.5 Å². The van der Waals surface area contributed by atoms with E-state index in [0.717, 1.165) is 30.9 Å². The molecule has 0 atom stereocenters. The van der Waals surface area contributed by atoms with Gasteiger partial charge in [0.2, 0.25) is 5.91 Å². The number of hydrogen-bond donors (Lipinski definition) is 2. The number of benzene rings is 1. The molecule has 0 unspecified atom stereocenters. The van der Waals surface area contributed by atoms with Gasteiger partial charge in [-0.05, 0) is 47.0 Å². The highest BCUT2D eigenvalue weighted by Crippen LogP contribution is 2.32. The fraction of sp³-hybridized carbons (Fsp3) is 0.238. The van der Waals surface area contributed by atoms with Gasteiger partial charge in [-0.2, -0.15) is 11.3 Å². The molecular formula is C21H21N3O2S2. The van der Waals surface area contributed by atoms with Crippen LogP contribution in [0.3, 0.4) is 0 Å². The Morgan fingerprint density at radius 2 is 2.00 bits per heavy atom. The monoisotopic (exact) mass is 411 g/mol. The van der Waals surface area contributed by atoms with E-state index in [4.69, 9.17) is 0 Å². The highest BCUT2D eigenvalue weighted by molar-refractivity contribution is 7.10. The second-order valence-electron chi connectivity index (χ2n) is 6.62. The molecule has 0 bridgehead atoms. The lowest BCUT2D eigenvalue weighted by molar-refractivity contribution is -0.116. The van der Waals surface area contributed by atoms with Crippen LogP contribution in [0.25, 0.3) is 0 Å². The summed E-state index contributed by atoms with van der Waals surface area (Å²) in [5, 5.41) is 11.6. The molecule has 0 aliphatic carbocycles. The predicted molar refractivity (Wildman–Crippen MR) is 115 cm³/mol. The number of anilines is 2. The molecule has 0 saturated heterocycles. The highest BCUT2D eigenvalue weighted by atomic mass is 32.1. The Hall–Kier alpha value is -2.64. The van der Waals surface area contributed by atoms with Crippen LogP contribution >= 0.6 is 22.7 Å². The lowest BCUT2D eigenvalue weighted by Crippen LogP contribution is -2.31. The number of nitrogens with zero attached hydrogens (tertiary/aromatic N) is 1. The smallest absolute Gasteiger partial charge is 0.252 e. The van der Waals surface area contributed by atoms with Crippen LogP contribution in [0.5, 0.6) is 0 Å². The zero-order valence-corrected chi connectivity index (χ0v) is 16.9. The number of fused-ring (bicyclic) bond motifs is 1. The van der Waals surface area contributed by atoms with E-state index >= 15 is 0 Å². The minimum Gasteiger partial charge on any atom is -0.365 e. The molecule has 3 heterocycles. The van der Waals surface area contributed by atoms with Crippen molar-refractivity contribution in [3.63, 3.8) is 0 Å². The molecule has 0 fully saturated rings. The van der Waals surface area contributed by atoms with Gasteiger partial charge >= 0.3 is 0 Å². The van der Waals surface area contributed by atoms with E-state index in [2.05, 4.69) is 27.0 Å². The van der Waals surface area contributed by atoms with Crippen molar-refractivity contribution in [2.45, 2.75) is 19.4 Å². The summed E-state index contributed by atoms with van der Waals surface area (Å²) in [5.74, 6) is -0.249. The Kier molecular flexibility index (Phi) is 5.73. The van der Waals surface area contributed by atoms with Crippen LogP contribution in [0.1, 0.15) is 27.2 Å². The molecule has 2 N–H and O–H groups in total. The van der Waals surface area contributed by atoms with Gasteiger partial charge in [0.25, 0.3) is 5.91 Å². The van der Waals surface area contributed by atoms with Crippen LogP contribution in [-0.2, 0) is 17.8 Å². The van der Waals surface area contributed by atoms with Crippen molar-refractivity contribution < 1.29 is 9.59 Å². The molecule has 5 nitrogen and oxygen atoms in total. The normalized spacial score (nSPS) is 13.1. The summed E-state index contributed by atoms with van der Waals surface area (Å²) in [4.78, 5) is 28.1. The summed E-state index contributed by atoms with van der Waals surface area (Å²) >= 11 is 3.29. The van der Waals surface area contributed by atoms with E-state index in [1.165, 1.54) is 21.8 Å². The van der Waals surface area contributed by atoms with E-state index < -0.39 is 0 Å². The quantitative estimate of drug-likeness (QED) is 0.641. The van der Waals surface area contributed by atoms with E-state index in [0.29, 0.717) is 12.1 Å². The molecule has 0 radical (unpaired) electrons. The summed E-state index contributed by atoms with van der Waals surface area (Å²) < 4.78 is 0. The molecule has 4 rings (SSSR count). The van der Waals surface area contributed by atoms with Gasteiger partial charge in [-0.25, -0.2) is 0 Å². The molecular weight excluding hydrogens is 390 g/mol. The molecule has 2 aromatic heterocycles. The number of rotatable bonds is 6. The largest absolute Gasteiger partial charge is 0.365 e. The Morgan fingerprint density at radius 3 is 2.86 bits per heavy atom. The average molecular weight is 412 g/mol. The molecule has 0 saturated carbocycles. The SMILES string of the molecule is O=C(CCNC(=O)c1ccsc1)Nc1ccccc1N1CCc2sccc2C1. The maximum Gasteiger partial charge on any atom is 0.252 e. The van der Waals surface area contributed by atoms with Crippen molar-refractivity contribution in [1.29, 1.82) is 0 Å². The number of carbonyl (C=O) groups is 2. The van der Waals surface area contributed by atoms with Crippen LogP contribution in [0.4, 0.5) is 11.4 Å². The van der Waals surface area contributed by atoms with Gasteiger partial charge < -0.3 is 15.5 Å². The topological polar surface area (TPSA) is 61.4 Å². The summed E-state index contributed by atoms with van der Waals surface area (Å²) in [5.41, 5.74) is 3.85. The number of hydrogen-bond acceptors (Lipinski definition) is 5. The Labute approximate surface area is 172 Å². The van der Waals surface area contributed by atoms with Gasteiger partial charge in [-0.1, -0.05) is 12.1 Å². The standard InChI is InChI=1S/C21H21N3O2S2/c25-20(5-9-22-21(26)16-7-11-27-14-16)23-17-3-1-2-4-18(17)24-10-6-19-15(13-24)8-12-28-19/h1-4,7-8,11-12,14H,5-6,9-10,13H2,(H,22,26)(H,23,25). The zero-order valence-electron chi connectivity index (χ0n) is 15.3. The molecule has 28 heavy (non-hydrogen) atoms. The van der Waals surface area contributed by atoms with Crippen LogP contribution < -0.4 is 15.5 Å². The zero-order chi connectivity index (χ0) is 19.3. The van der Waals surface area contributed by atoms with Crippen LogP contribution in [0.2, 0.25) is 0 Å². The van der Waals surface area contributed by atoms with Gasteiger partial charge in [0.15, 0.2) is 0 Å². The molecule has 0 spiro atoms. The van der Waals surface area contributed by atoms with E-state index in [1.54, 1.807) is 11.4 Å². The summed E-state index contributed by atoms with van der Waals surface area (Å²) in [6.07, 6.45) is 1.27. The van der Waals surface area contributed by atoms with Gasteiger partial charge in [-0.3, -0.25) is 9.59 Å². The van der Waals surface area contributed by atoms with Crippen molar-refractivity contribution in [3.8, 4) is 0 Å². The third-order valence-corrected chi connectivity index (χ3v) is 6.45. The first kappa shape index (κ1) is 18.7. The molecule has 144 valence electrons. The third-order valence-electron chi connectivity index (χ3n) is 4.75. The number of carbonyl (C=O) groups excluding carboxylic acids is 2. The van der Waals surface area contributed by atoms with Gasteiger partial charge in [0, 0.05) is 41.9 Å². The highest BCUT2D eigenvalue weighted by Gasteiger charge is 2.20. The minimum atomic E-state index is -0.144. The molecule has 1 aliphatic heterocycles. The summed E-state index contributed by atoms with van der Waals surface area (Å²) in [7, 11) is 0. The number of amides is 2. The van der Waals surface area contributed by atoms with Crippen LogP contribution in [-0.4, -0.2) is 24.9 Å². The maximum absolute atomic E-state index is 12.4. The Morgan fingerprint density at radius 1 is 1.11 bits per heavy atom. The lowest BCUT2D eigenvalue weighted by Gasteiger charge is -2.30. The first-order valence-electron chi connectivity index (χ1n) is 9.20. The van der Waals surface area contributed by atoms with E-state index in [-0.39, 0.29) is 18.2 Å². The van der Waals surface area contributed by atoms with Crippen molar-refractivity contribution in [2.24, 2.45) is 0 Å². The van der Waals surface area contributed by atoms with E-state index in [9.17, 15) is 9.59 Å². The second-order valence-corrected chi connectivity index (χ2v) is 8.40. The first-order chi connectivity index (χ1) is 13.7. The molecule has 1 aliphatic rings. The lowest BCUT2D eigenvalue weighted by atomic mass is 10.1. The summed E-state index contributed by atoms with van der Waals surface area (Å²) in [6, 6.07) is 11.9. The number of para-hydroxylation sites is 2. The molecule has 3 aromatic rings. The second kappa shape index (κ2) is 8.58. The van der Waals surface area contributed by atoms with Crippen molar-refractivity contribution >= 4 is 45.9 Å². The number of nitrogens with one attached hydrogen (secondary N) is 2. The number of thiophene rings is 2. The first-order valence-corrected chi connectivity index (χ1v) is 11.0. The minimum absolute atomic E-state index is 0.105. The fourth-order valence-corrected chi connectivity index (χ4v) is 4.83. The van der Waals surface area contributed by atoms with Gasteiger partial charge in [0.1, 0.15) is 0 Å². The van der Waals surface area contributed by atoms with Crippen molar-refractivity contribution in [1.82, 2.24) is 5.32 Å². The summed E-state index contributed by atoms with van der Waals surface area (Å²) in [6.45, 7) is 2.12. The molecule has 7 heteroatoms. The Balaban J connectivity index is 1.35. The van der Waals surface area contributed by atoms with Crippen LogP contribution in [0, 0.1) is 0 Å². The third kappa shape index (κ3) is 4.26. The fourth-order valence-electron chi connectivity index (χ4n) is 3.31. The maximum atomic E-state index is 12.4. The van der Waals surface area contributed by atoms with Gasteiger partial charge in [-0.15, -0.1) is 11.3 Å². The average Bonchev–Trinajstić information content (AvgIpc) is 3.39. The molecule has 1 aromatic carbocycles. The van der Waals surface area contributed by atoms with Crippen molar-refractivity contribution in [3.05, 3.63) is 68.5 Å². The molecule has 2 amide bonds. The van der Waals surface area contributed by atoms with E-state index in [1.807, 2.05) is 41.0 Å². The predicted octanol–water partition coefficient (Wildman–Crippen LogP) is 4.13. The van der Waals surface area contributed by atoms with Crippen molar-refractivity contribution in [2.75, 3.05) is 23.3 Å². The van der Waals surface area contributed by atoms with Gasteiger partial charge in [0.05, 0.1) is 11.4 Å².